The van der Waals surface area contributed by atoms with E-state index in [0.717, 1.165) is 44.3 Å². The number of hydrogen-bond acceptors (Lipinski definition) is 11. The van der Waals surface area contributed by atoms with E-state index in [2.05, 4.69) is 65.1 Å². The first kappa shape index (κ1) is 32.2. The molecule has 5 rings (SSSR count). The van der Waals surface area contributed by atoms with Crippen LogP contribution < -0.4 is 34.0 Å². The van der Waals surface area contributed by atoms with E-state index in [-0.39, 0.29) is 0 Å². The van der Waals surface area contributed by atoms with Gasteiger partial charge in [0.1, 0.15) is 30.5 Å². The molecule has 2 aliphatic rings. The van der Waals surface area contributed by atoms with Gasteiger partial charge in [0.2, 0.25) is 16.0 Å². The number of anilines is 6. The average molecular weight is 638 g/mol. The summed E-state index contributed by atoms with van der Waals surface area (Å²) in [7, 11) is 3.80. The maximum absolute atomic E-state index is 12.6. The summed E-state index contributed by atoms with van der Waals surface area (Å²) in [5.41, 5.74) is 4.54. The van der Waals surface area contributed by atoms with Crippen molar-refractivity contribution in [3.8, 4) is 17.2 Å². The van der Waals surface area contributed by atoms with E-state index >= 15 is 0 Å². The van der Waals surface area contributed by atoms with Crippen molar-refractivity contribution in [1.82, 2.24) is 14.9 Å². The minimum absolute atomic E-state index is 0.301. The fraction of sp³-hybridized carbons (Fsp3) is 0.438. The maximum Gasteiger partial charge on any atom is 0.232 e. The quantitative estimate of drug-likeness (QED) is 0.299. The first-order valence-corrected chi connectivity index (χ1v) is 16.9. The van der Waals surface area contributed by atoms with E-state index in [1.165, 1.54) is 22.6 Å². The van der Waals surface area contributed by atoms with Crippen LogP contribution >= 0.6 is 0 Å². The molecule has 1 fully saturated rings. The van der Waals surface area contributed by atoms with Gasteiger partial charge in [-0.05, 0) is 57.1 Å². The highest BCUT2D eigenvalue weighted by molar-refractivity contribution is 7.92. The summed E-state index contributed by atoms with van der Waals surface area (Å²) in [6.07, 6.45) is 7.50. The number of benzene rings is 2. The molecule has 45 heavy (non-hydrogen) atoms. The van der Waals surface area contributed by atoms with E-state index in [1.807, 2.05) is 0 Å². The van der Waals surface area contributed by atoms with Crippen LogP contribution in [-0.2, 0) is 16.4 Å². The van der Waals surface area contributed by atoms with Gasteiger partial charge in [-0.3, -0.25) is 4.31 Å². The Labute approximate surface area is 266 Å². The molecule has 0 saturated carbocycles. The molecular weight excluding hydrogens is 594 g/mol. The number of piperidine rings is 1. The van der Waals surface area contributed by atoms with Crippen molar-refractivity contribution in [2.45, 2.75) is 32.2 Å². The van der Waals surface area contributed by atoms with Gasteiger partial charge in [-0.25, -0.2) is 13.4 Å². The molecule has 2 aliphatic heterocycles. The number of aryl methyl sites for hydroxylation is 1. The van der Waals surface area contributed by atoms with E-state index in [0.29, 0.717) is 65.2 Å². The standard InChI is InChI=1S/C32H43N7O5S/c1-8-21-18-25(28(42-6)19-26(21)39-14-12-23(13-15-39)37(3)4)35-32-33-20-22(9-2)31(36-32)34-24-10-11-27-30(44-17-16-43-27)29(24)38(5)45(7,40)41/h9-11,18-20,23H,2,8,12-17H2,1,3-7H3,(H2,33,34,35,36). The van der Waals surface area contributed by atoms with E-state index in [1.54, 1.807) is 31.5 Å². The lowest BCUT2D eigenvalue weighted by molar-refractivity contribution is 0.172. The van der Waals surface area contributed by atoms with Crippen LogP contribution in [0.1, 0.15) is 30.9 Å². The zero-order chi connectivity index (χ0) is 32.3. The lowest BCUT2D eigenvalue weighted by Crippen LogP contribution is -2.42. The van der Waals surface area contributed by atoms with Gasteiger partial charge in [-0.2, -0.15) is 4.98 Å². The summed E-state index contributed by atoms with van der Waals surface area (Å²) in [5.74, 6) is 2.26. The van der Waals surface area contributed by atoms with Gasteiger partial charge in [0.05, 0.1) is 24.7 Å². The normalized spacial score (nSPS) is 15.1. The topological polar surface area (TPSA) is 121 Å². The fourth-order valence-corrected chi connectivity index (χ4v) is 6.22. The third-order valence-corrected chi connectivity index (χ3v) is 9.53. The van der Waals surface area contributed by atoms with Crippen LogP contribution in [0.3, 0.4) is 0 Å². The number of aromatic nitrogens is 2. The molecule has 242 valence electrons. The van der Waals surface area contributed by atoms with Crippen LogP contribution in [0.4, 0.5) is 34.5 Å². The van der Waals surface area contributed by atoms with Crippen LogP contribution in [0.15, 0.2) is 37.0 Å². The van der Waals surface area contributed by atoms with Gasteiger partial charge >= 0.3 is 0 Å². The number of nitrogens with one attached hydrogen (secondary N) is 2. The molecule has 0 atom stereocenters. The second-order valence-electron chi connectivity index (χ2n) is 11.4. The van der Waals surface area contributed by atoms with Crippen molar-refractivity contribution >= 4 is 50.6 Å². The largest absolute Gasteiger partial charge is 0.494 e. The summed E-state index contributed by atoms with van der Waals surface area (Å²) in [6, 6.07) is 8.27. The third-order valence-electron chi connectivity index (χ3n) is 8.35. The number of methoxy groups -OCH3 is 1. The highest BCUT2D eigenvalue weighted by Gasteiger charge is 2.27. The molecule has 2 aromatic carbocycles. The Kier molecular flexibility index (Phi) is 9.59. The number of sulfonamides is 1. The Morgan fingerprint density at radius 2 is 1.84 bits per heavy atom. The second kappa shape index (κ2) is 13.4. The van der Waals surface area contributed by atoms with Crippen molar-refractivity contribution in [1.29, 1.82) is 0 Å². The Bertz CT molecular complexity index is 1660. The molecule has 13 heteroatoms. The molecule has 0 unspecified atom stereocenters. The minimum atomic E-state index is -3.63. The molecule has 1 saturated heterocycles. The van der Waals surface area contributed by atoms with Crippen molar-refractivity contribution in [3.63, 3.8) is 0 Å². The fourth-order valence-electron chi connectivity index (χ4n) is 5.71. The van der Waals surface area contributed by atoms with Crippen molar-refractivity contribution in [3.05, 3.63) is 48.2 Å². The lowest BCUT2D eigenvalue weighted by Gasteiger charge is -2.37. The van der Waals surface area contributed by atoms with Gasteiger partial charge in [0.15, 0.2) is 11.5 Å². The Hall–Kier alpha value is -4.23. The molecular formula is C32H43N7O5S. The predicted octanol–water partition coefficient (Wildman–Crippen LogP) is 4.88. The molecule has 0 spiro atoms. The summed E-state index contributed by atoms with van der Waals surface area (Å²) in [6.45, 7) is 8.72. The zero-order valence-corrected chi connectivity index (χ0v) is 27.7. The monoisotopic (exact) mass is 637 g/mol. The molecule has 12 nitrogen and oxygen atoms in total. The summed E-state index contributed by atoms with van der Waals surface area (Å²) in [4.78, 5) is 14.0. The van der Waals surface area contributed by atoms with Gasteiger partial charge < -0.3 is 34.6 Å². The highest BCUT2D eigenvalue weighted by atomic mass is 32.2. The number of hydrogen-bond donors (Lipinski definition) is 2. The number of nitrogens with zero attached hydrogens (tertiary/aromatic N) is 5. The Morgan fingerprint density at radius 1 is 1.11 bits per heavy atom. The predicted molar refractivity (Wildman–Crippen MR) is 181 cm³/mol. The summed E-state index contributed by atoms with van der Waals surface area (Å²) in [5, 5.41) is 6.63. The Balaban J connectivity index is 1.47. The molecule has 3 heterocycles. The van der Waals surface area contributed by atoms with Gasteiger partial charge in [-0.15, -0.1) is 0 Å². The van der Waals surface area contributed by atoms with Crippen LogP contribution in [0.2, 0.25) is 0 Å². The SMILES string of the molecule is C=Cc1cnc(Nc2cc(CC)c(N3CCC(N(C)C)CC3)cc2OC)nc1Nc1ccc2c(c1N(C)S(C)(=O)=O)OCCO2. The zero-order valence-electron chi connectivity index (χ0n) is 26.9. The molecule has 1 aromatic heterocycles. The molecule has 0 amide bonds. The van der Waals surface area contributed by atoms with Crippen LogP contribution in [0.25, 0.3) is 6.08 Å². The smallest absolute Gasteiger partial charge is 0.232 e. The molecule has 3 aromatic rings. The lowest BCUT2D eigenvalue weighted by atomic mass is 10.0. The van der Waals surface area contributed by atoms with Gasteiger partial charge in [-0.1, -0.05) is 19.6 Å². The van der Waals surface area contributed by atoms with Crippen molar-refractivity contribution in [2.75, 3.05) is 80.7 Å². The number of fused-ring (bicyclic) bond motifs is 1. The molecule has 0 radical (unpaired) electrons. The molecule has 2 N–H and O–H groups in total. The van der Waals surface area contributed by atoms with E-state index < -0.39 is 10.0 Å². The van der Waals surface area contributed by atoms with Gasteiger partial charge in [0.25, 0.3) is 0 Å². The minimum Gasteiger partial charge on any atom is -0.494 e. The second-order valence-corrected chi connectivity index (χ2v) is 13.4. The average Bonchev–Trinajstić information content (AvgIpc) is 3.04. The van der Waals surface area contributed by atoms with E-state index in [4.69, 9.17) is 19.2 Å². The third kappa shape index (κ3) is 6.89. The Morgan fingerprint density at radius 3 is 2.49 bits per heavy atom. The number of rotatable bonds is 11. The van der Waals surface area contributed by atoms with Crippen molar-refractivity contribution in [2.24, 2.45) is 0 Å². The molecule has 0 bridgehead atoms. The van der Waals surface area contributed by atoms with Crippen LogP contribution in [0.5, 0.6) is 17.2 Å². The van der Waals surface area contributed by atoms with E-state index in [9.17, 15) is 8.42 Å². The molecule has 0 aliphatic carbocycles. The first-order chi connectivity index (χ1) is 21.5. The summed E-state index contributed by atoms with van der Waals surface area (Å²) >= 11 is 0. The van der Waals surface area contributed by atoms with Gasteiger partial charge in [0, 0.05) is 49.7 Å². The summed E-state index contributed by atoms with van der Waals surface area (Å²) < 4.78 is 43.8. The maximum atomic E-state index is 12.6. The highest BCUT2D eigenvalue weighted by Crippen LogP contribution is 2.46. The van der Waals surface area contributed by atoms with Crippen molar-refractivity contribution < 1.29 is 22.6 Å². The van der Waals surface area contributed by atoms with Crippen LogP contribution in [-0.4, -0.2) is 90.1 Å². The first-order valence-electron chi connectivity index (χ1n) is 15.1. The van der Waals surface area contributed by atoms with Crippen LogP contribution in [0, 0.1) is 0 Å². The number of ether oxygens (including phenoxy) is 3.